The molecule has 1 aromatic heterocycles. The first-order valence-corrected chi connectivity index (χ1v) is 6.48. The number of aryl methyl sites for hydroxylation is 1. The van der Waals surface area contributed by atoms with Crippen molar-refractivity contribution >= 4 is 17.5 Å². The number of halogens is 1. The highest BCUT2D eigenvalue weighted by atomic mass is 35.5. The van der Waals surface area contributed by atoms with Crippen LogP contribution in [0.5, 0.6) is 5.88 Å². The molecule has 0 saturated heterocycles. The number of hydrogen-bond acceptors (Lipinski definition) is 3. The van der Waals surface area contributed by atoms with Gasteiger partial charge < -0.3 is 10.1 Å². The highest BCUT2D eigenvalue weighted by Gasteiger charge is 2.19. The van der Waals surface area contributed by atoms with Crippen LogP contribution in [0.1, 0.15) is 30.8 Å². The molecule has 1 amide bonds. The molecule has 1 atom stereocenters. The Bertz CT molecular complexity index is 404. The first kappa shape index (κ1) is 14.8. The van der Waals surface area contributed by atoms with Crippen LogP contribution in [0.2, 0.25) is 0 Å². The van der Waals surface area contributed by atoms with E-state index in [0.29, 0.717) is 23.4 Å². The lowest BCUT2D eigenvalue weighted by molar-refractivity contribution is 0.0919. The zero-order valence-electron chi connectivity index (χ0n) is 11.2. The number of carbonyl (C=O) groups excluding carboxylic acids is 1. The van der Waals surface area contributed by atoms with Crippen molar-refractivity contribution in [3.8, 4) is 5.88 Å². The first-order valence-electron chi connectivity index (χ1n) is 5.94. The highest BCUT2D eigenvalue weighted by molar-refractivity contribution is 6.17. The fourth-order valence-electron chi connectivity index (χ4n) is 1.68. The average molecular weight is 274 g/mol. The number of methoxy groups -OCH3 is 1. The van der Waals surface area contributed by atoms with E-state index in [4.69, 9.17) is 16.3 Å². The fourth-order valence-corrected chi connectivity index (χ4v) is 1.92. The monoisotopic (exact) mass is 273 g/mol. The summed E-state index contributed by atoms with van der Waals surface area (Å²) in [4.78, 5) is 12.0. The summed E-state index contributed by atoms with van der Waals surface area (Å²) in [6.45, 7) is 4.10. The Kier molecular flexibility index (Phi) is 5.47. The molecule has 0 saturated carbocycles. The average Bonchev–Trinajstić information content (AvgIpc) is 2.69. The maximum absolute atomic E-state index is 12.0. The van der Waals surface area contributed by atoms with Crippen molar-refractivity contribution in [1.82, 2.24) is 15.1 Å². The van der Waals surface area contributed by atoms with Crippen molar-refractivity contribution in [3.63, 3.8) is 0 Å². The summed E-state index contributed by atoms with van der Waals surface area (Å²) in [5.41, 5.74) is 0.356. The van der Waals surface area contributed by atoms with Crippen LogP contribution in [0, 0.1) is 5.92 Å². The molecule has 1 aromatic rings. The molecule has 5 nitrogen and oxygen atoms in total. The van der Waals surface area contributed by atoms with E-state index in [1.54, 1.807) is 20.2 Å². The summed E-state index contributed by atoms with van der Waals surface area (Å²) < 4.78 is 6.60. The number of carbonyl (C=O) groups is 1. The molecular formula is C12H20ClN3O2. The second-order valence-corrected chi connectivity index (χ2v) is 4.88. The predicted octanol–water partition coefficient (Wildman–Crippen LogP) is 1.81. The third-order valence-corrected chi connectivity index (χ3v) is 3.04. The lowest BCUT2D eigenvalue weighted by Gasteiger charge is -2.20. The number of ether oxygens (including phenoxy) is 1. The second-order valence-electron chi connectivity index (χ2n) is 4.50. The molecule has 0 radical (unpaired) electrons. The van der Waals surface area contributed by atoms with Gasteiger partial charge in [0.2, 0.25) is 5.88 Å². The summed E-state index contributed by atoms with van der Waals surface area (Å²) in [6.07, 6.45) is 0.745. The van der Waals surface area contributed by atoms with E-state index < -0.39 is 0 Å². The van der Waals surface area contributed by atoms with Gasteiger partial charge in [0.05, 0.1) is 7.11 Å². The van der Waals surface area contributed by atoms with Gasteiger partial charge in [0.15, 0.2) is 5.69 Å². The van der Waals surface area contributed by atoms with E-state index in [2.05, 4.69) is 24.3 Å². The van der Waals surface area contributed by atoms with Crippen molar-refractivity contribution < 1.29 is 9.53 Å². The molecule has 0 aliphatic carbocycles. The number of rotatable bonds is 6. The molecule has 1 rings (SSSR count). The minimum Gasteiger partial charge on any atom is -0.481 e. The Morgan fingerprint density at radius 2 is 2.28 bits per heavy atom. The van der Waals surface area contributed by atoms with Crippen LogP contribution >= 0.6 is 11.6 Å². The number of nitrogens with zero attached hydrogens (tertiary/aromatic N) is 2. The topological polar surface area (TPSA) is 56.1 Å². The Morgan fingerprint density at radius 1 is 1.61 bits per heavy atom. The van der Waals surface area contributed by atoms with Crippen molar-refractivity contribution in [2.45, 2.75) is 26.3 Å². The Morgan fingerprint density at radius 3 is 2.72 bits per heavy atom. The molecule has 0 aliphatic heterocycles. The third-order valence-electron chi connectivity index (χ3n) is 2.82. The largest absolute Gasteiger partial charge is 0.481 e. The quantitative estimate of drug-likeness (QED) is 0.805. The van der Waals surface area contributed by atoms with Gasteiger partial charge in [-0.2, -0.15) is 5.10 Å². The summed E-state index contributed by atoms with van der Waals surface area (Å²) in [5, 5.41) is 7.04. The van der Waals surface area contributed by atoms with Crippen molar-refractivity contribution in [3.05, 3.63) is 11.8 Å². The van der Waals surface area contributed by atoms with Crippen LogP contribution in [0.25, 0.3) is 0 Å². The normalized spacial score (nSPS) is 12.6. The summed E-state index contributed by atoms with van der Waals surface area (Å²) in [7, 11) is 3.28. The van der Waals surface area contributed by atoms with Gasteiger partial charge in [-0.25, -0.2) is 4.68 Å². The van der Waals surface area contributed by atoms with Crippen molar-refractivity contribution in [2.24, 2.45) is 13.0 Å². The van der Waals surface area contributed by atoms with Gasteiger partial charge >= 0.3 is 0 Å². The van der Waals surface area contributed by atoms with Crippen LogP contribution in [-0.2, 0) is 7.05 Å². The Labute approximate surface area is 112 Å². The third kappa shape index (κ3) is 3.63. The second kappa shape index (κ2) is 6.64. The van der Waals surface area contributed by atoms with Gasteiger partial charge in [0, 0.05) is 25.0 Å². The summed E-state index contributed by atoms with van der Waals surface area (Å²) in [6, 6.07) is 1.68. The van der Waals surface area contributed by atoms with Crippen molar-refractivity contribution in [1.29, 1.82) is 0 Å². The molecule has 1 heterocycles. The molecule has 102 valence electrons. The van der Waals surface area contributed by atoms with Gasteiger partial charge in [-0.3, -0.25) is 4.79 Å². The number of alkyl halides is 1. The van der Waals surface area contributed by atoms with Gasteiger partial charge in [-0.1, -0.05) is 13.8 Å². The van der Waals surface area contributed by atoms with Crippen molar-refractivity contribution in [2.75, 3.05) is 13.0 Å². The minimum atomic E-state index is -0.197. The zero-order valence-corrected chi connectivity index (χ0v) is 12.0. The van der Waals surface area contributed by atoms with Gasteiger partial charge in [-0.15, -0.1) is 11.6 Å². The molecule has 18 heavy (non-hydrogen) atoms. The van der Waals surface area contributed by atoms with Crippen LogP contribution in [-0.4, -0.2) is 34.7 Å². The molecule has 0 aliphatic rings. The van der Waals surface area contributed by atoms with E-state index in [9.17, 15) is 4.79 Å². The van der Waals surface area contributed by atoms with Gasteiger partial charge in [-0.05, 0) is 12.3 Å². The maximum Gasteiger partial charge on any atom is 0.272 e. The Balaban J connectivity index is 2.73. The molecule has 0 spiro atoms. The maximum atomic E-state index is 12.0. The lowest BCUT2D eigenvalue weighted by Crippen LogP contribution is -2.39. The molecule has 0 bridgehead atoms. The smallest absolute Gasteiger partial charge is 0.272 e. The van der Waals surface area contributed by atoms with Crippen LogP contribution < -0.4 is 10.1 Å². The summed E-state index contributed by atoms with van der Waals surface area (Å²) >= 11 is 5.73. The van der Waals surface area contributed by atoms with E-state index in [1.165, 1.54) is 4.68 Å². The summed E-state index contributed by atoms with van der Waals surface area (Å²) in [5.74, 6) is 1.21. The Hall–Kier alpha value is -1.23. The standard InChI is InChI=1S/C12H20ClN3O2/c1-8(2)9(5-6-13)14-12(17)10-7-11(18-4)16(3)15-10/h7-9H,5-6H2,1-4H3,(H,14,17). The SMILES string of the molecule is COc1cc(C(=O)NC(CCCl)C(C)C)nn1C. The van der Waals surface area contributed by atoms with Crippen LogP contribution in [0.4, 0.5) is 0 Å². The fraction of sp³-hybridized carbons (Fsp3) is 0.667. The first-order chi connectivity index (χ1) is 8.49. The molecule has 0 fully saturated rings. The van der Waals surface area contributed by atoms with Crippen LogP contribution in [0.3, 0.4) is 0 Å². The van der Waals surface area contributed by atoms with Gasteiger partial charge in [0.25, 0.3) is 5.91 Å². The number of hydrogen-bond donors (Lipinski definition) is 1. The molecular weight excluding hydrogens is 254 g/mol. The van der Waals surface area contributed by atoms with E-state index in [1.807, 2.05) is 0 Å². The number of nitrogens with one attached hydrogen (secondary N) is 1. The number of aromatic nitrogens is 2. The number of amides is 1. The van der Waals surface area contributed by atoms with E-state index in [0.717, 1.165) is 6.42 Å². The van der Waals surface area contributed by atoms with E-state index in [-0.39, 0.29) is 11.9 Å². The molecule has 1 unspecified atom stereocenters. The zero-order chi connectivity index (χ0) is 13.7. The lowest BCUT2D eigenvalue weighted by atomic mass is 10.0. The molecule has 6 heteroatoms. The minimum absolute atomic E-state index is 0.0583. The van der Waals surface area contributed by atoms with Gasteiger partial charge in [0.1, 0.15) is 0 Å². The van der Waals surface area contributed by atoms with Crippen LogP contribution in [0.15, 0.2) is 6.07 Å². The molecule has 1 N–H and O–H groups in total. The van der Waals surface area contributed by atoms with E-state index >= 15 is 0 Å². The highest BCUT2D eigenvalue weighted by Crippen LogP contribution is 2.13. The molecule has 0 aromatic carbocycles. The predicted molar refractivity (Wildman–Crippen MR) is 71.2 cm³/mol.